The summed E-state index contributed by atoms with van der Waals surface area (Å²) in [6, 6.07) is 4.34. The predicted molar refractivity (Wildman–Crippen MR) is 55.9 cm³/mol. The van der Waals surface area contributed by atoms with Crippen molar-refractivity contribution in [1.82, 2.24) is 4.57 Å². The largest absolute Gasteiger partial charge is 0.477 e. The number of nitro groups is 1. The summed E-state index contributed by atoms with van der Waals surface area (Å²) in [6.45, 7) is 0.141. The molecule has 0 fully saturated rings. The van der Waals surface area contributed by atoms with Crippen LogP contribution in [0.25, 0.3) is 0 Å². The molecule has 0 spiro atoms. The Balaban J connectivity index is 2.37. The van der Waals surface area contributed by atoms with E-state index in [1.54, 1.807) is 12.1 Å². The molecule has 2 aromatic rings. The Morgan fingerprint density at radius 2 is 2.35 bits per heavy atom. The summed E-state index contributed by atoms with van der Waals surface area (Å²) < 4.78 is 6.32. The predicted octanol–water partition coefficient (Wildman–Crippen LogP) is 1.74. The van der Waals surface area contributed by atoms with Crippen molar-refractivity contribution in [3.05, 3.63) is 52.2 Å². The Bertz CT molecular complexity index is 555. The number of furan rings is 1. The maximum absolute atomic E-state index is 10.9. The maximum Gasteiger partial charge on any atom is 0.352 e. The van der Waals surface area contributed by atoms with Gasteiger partial charge in [-0.15, -0.1) is 0 Å². The molecule has 0 aromatic carbocycles. The molecule has 2 heterocycles. The first-order valence-electron chi connectivity index (χ1n) is 4.68. The first-order valence-corrected chi connectivity index (χ1v) is 4.68. The van der Waals surface area contributed by atoms with Crippen LogP contribution in [-0.2, 0) is 6.54 Å². The molecule has 0 radical (unpaired) electrons. The summed E-state index contributed by atoms with van der Waals surface area (Å²) in [6.07, 6.45) is 2.62. The average Bonchev–Trinajstić information content (AvgIpc) is 2.87. The van der Waals surface area contributed by atoms with Crippen LogP contribution < -0.4 is 0 Å². The number of carboxylic acid groups (broad SMARTS) is 1. The van der Waals surface area contributed by atoms with Crippen molar-refractivity contribution < 1.29 is 19.2 Å². The molecule has 0 aliphatic heterocycles. The SMILES string of the molecule is O=C(O)c1cc([N+](=O)[O-])cn1Cc1ccco1. The van der Waals surface area contributed by atoms with Crippen LogP contribution in [0.5, 0.6) is 0 Å². The Morgan fingerprint density at radius 3 is 2.88 bits per heavy atom. The van der Waals surface area contributed by atoms with Crippen LogP contribution in [0.3, 0.4) is 0 Å². The summed E-state index contributed by atoms with van der Waals surface area (Å²) in [5, 5.41) is 19.5. The molecular formula is C10H8N2O5. The van der Waals surface area contributed by atoms with Gasteiger partial charge in [-0.3, -0.25) is 10.1 Å². The molecule has 88 valence electrons. The number of aromatic carboxylic acids is 1. The van der Waals surface area contributed by atoms with Crippen LogP contribution in [-0.4, -0.2) is 20.6 Å². The number of nitrogens with zero attached hydrogens (tertiary/aromatic N) is 2. The molecule has 0 atom stereocenters. The van der Waals surface area contributed by atoms with Crippen molar-refractivity contribution >= 4 is 11.7 Å². The normalized spacial score (nSPS) is 10.4. The second-order valence-corrected chi connectivity index (χ2v) is 3.35. The van der Waals surface area contributed by atoms with Gasteiger partial charge in [0.1, 0.15) is 11.5 Å². The van der Waals surface area contributed by atoms with Crippen molar-refractivity contribution in [1.29, 1.82) is 0 Å². The molecule has 0 unspecified atom stereocenters. The molecule has 0 aliphatic carbocycles. The molecular weight excluding hydrogens is 228 g/mol. The van der Waals surface area contributed by atoms with Crippen molar-refractivity contribution in [2.24, 2.45) is 0 Å². The standard InChI is InChI=1S/C10H8N2O5/c13-10(14)9-4-7(12(15)16)5-11(9)6-8-2-1-3-17-8/h1-5H,6H2,(H,13,14). The highest BCUT2D eigenvalue weighted by molar-refractivity contribution is 5.86. The number of carboxylic acids is 1. The molecule has 0 saturated heterocycles. The van der Waals surface area contributed by atoms with Gasteiger partial charge in [0.05, 0.1) is 23.9 Å². The zero-order valence-electron chi connectivity index (χ0n) is 8.57. The topological polar surface area (TPSA) is 98.5 Å². The van der Waals surface area contributed by atoms with E-state index in [9.17, 15) is 14.9 Å². The quantitative estimate of drug-likeness (QED) is 0.643. The molecule has 0 amide bonds. The van der Waals surface area contributed by atoms with Gasteiger partial charge in [0.2, 0.25) is 0 Å². The molecule has 7 nitrogen and oxygen atoms in total. The Labute approximate surface area is 95.0 Å². The summed E-state index contributed by atoms with van der Waals surface area (Å²) in [5.41, 5.74) is -0.401. The number of rotatable bonds is 4. The van der Waals surface area contributed by atoms with Crippen molar-refractivity contribution in [3.8, 4) is 0 Å². The molecule has 1 N–H and O–H groups in total. The lowest BCUT2D eigenvalue weighted by Crippen LogP contribution is -2.07. The van der Waals surface area contributed by atoms with E-state index < -0.39 is 10.9 Å². The number of hydrogen-bond donors (Lipinski definition) is 1. The second kappa shape index (κ2) is 4.12. The van der Waals surface area contributed by atoms with Crippen LogP contribution in [0.1, 0.15) is 16.2 Å². The highest BCUT2D eigenvalue weighted by Gasteiger charge is 2.19. The monoisotopic (exact) mass is 236 g/mol. The first kappa shape index (κ1) is 10.9. The average molecular weight is 236 g/mol. The highest BCUT2D eigenvalue weighted by Crippen LogP contribution is 2.18. The van der Waals surface area contributed by atoms with E-state index in [1.807, 2.05) is 0 Å². The lowest BCUT2D eigenvalue weighted by atomic mass is 10.4. The summed E-state index contributed by atoms with van der Waals surface area (Å²) in [5.74, 6) is -0.692. The third-order valence-corrected chi connectivity index (χ3v) is 2.22. The maximum atomic E-state index is 10.9. The number of carbonyl (C=O) groups is 1. The van der Waals surface area contributed by atoms with Gasteiger partial charge in [-0.2, -0.15) is 0 Å². The summed E-state index contributed by atoms with van der Waals surface area (Å²) in [4.78, 5) is 20.8. The molecule has 0 bridgehead atoms. The van der Waals surface area contributed by atoms with Crippen molar-refractivity contribution in [2.75, 3.05) is 0 Å². The fourth-order valence-electron chi connectivity index (χ4n) is 1.48. The van der Waals surface area contributed by atoms with Crippen LogP contribution in [0.4, 0.5) is 5.69 Å². The molecule has 17 heavy (non-hydrogen) atoms. The van der Waals surface area contributed by atoms with E-state index in [2.05, 4.69) is 0 Å². The number of hydrogen-bond acceptors (Lipinski definition) is 4. The Kier molecular flexibility index (Phi) is 2.65. The Morgan fingerprint density at radius 1 is 1.59 bits per heavy atom. The van der Waals surface area contributed by atoms with Gasteiger partial charge in [-0.05, 0) is 12.1 Å². The fourth-order valence-corrected chi connectivity index (χ4v) is 1.48. The van der Waals surface area contributed by atoms with Crippen LogP contribution in [0.15, 0.2) is 35.1 Å². The van der Waals surface area contributed by atoms with Gasteiger partial charge in [-0.1, -0.05) is 0 Å². The second-order valence-electron chi connectivity index (χ2n) is 3.35. The third kappa shape index (κ3) is 2.17. The van der Waals surface area contributed by atoms with E-state index in [1.165, 1.54) is 17.0 Å². The van der Waals surface area contributed by atoms with Gasteiger partial charge in [0.25, 0.3) is 5.69 Å². The molecule has 0 aliphatic rings. The van der Waals surface area contributed by atoms with Crippen molar-refractivity contribution in [2.45, 2.75) is 6.54 Å². The zero-order valence-corrected chi connectivity index (χ0v) is 8.57. The van der Waals surface area contributed by atoms with Gasteiger partial charge in [0.15, 0.2) is 0 Å². The molecule has 7 heteroatoms. The third-order valence-electron chi connectivity index (χ3n) is 2.22. The molecule has 0 saturated carbocycles. The van der Waals surface area contributed by atoms with E-state index in [4.69, 9.17) is 9.52 Å². The van der Waals surface area contributed by atoms with Crippen molar-refractivity contribution in [3.63, 3.8) is 0 Å². The summed E-state index contributed by atoms with van der Waals surface area (Å²) in [7, 11) is 0. The van der Waals surface area contributed by atoms with E-state index in [0.29, 0.717) is 5.76 Å². The van der Waals surface area contributed by atoms with Gasteiger partial charge in [0, 0.05) is 6.07 Å². The van der Waals surface area contributed by atoms with E-state index in [-0.39, 0.29) is 17.9 Å². The van der Waals surface area contributed by atoms with Gasteiger partial charge < -0.3 is 14.1 Å². The number of aromatic nitrogens is 1. The van der Waals surface area contributed by atoms with E-state index in [0.717, 1.165) is 6.07 Å². The lowest BCUT2D eigenvalue weighted by molar-refractivity contribution is -0.384. The molecule has 2 aromatic heterocycles. The first-order chi connectivity index (χ1) is 8.08. The minimum atomic E-state index is -1.22. The zero-order chi connectivity index (χ0) is 12.4. The van der Waals surface area contributed by atoms with Crippen LogP contribution in [0, 0.1) is 10.1 Å². The van der Waals surface area contributed by atoms with Gasteiger partial charge in [-0.25, -0.2) is 4.79 Å². The van der Waals surface area contributed by atoms with Crippen LogP contribution >= 0.6 is 0 Å². The minimum Gasteiger partial charge on any atom is -0.477 e. The smallest absolute Gasteiger partial charge is 0.352 e. The lowest BCUT2D eigenvalue weighted by Gasteiger charge is -2.01. The van der Waals surface area contributed by atoms with Crippen LogP contribution in [0.2, 0.25) is 0 Å². The minimum absolute atomic E-state index is 0.141. The summed E-state index contributed by atoms with van der Waals surface area (Å²) >= 11 is 0. The highest BCUT2D eigenvalue weighted by atomic mass is 16.6. The Hall–Kier alpha value is -2.57. The molecule has 2 rings (SSSR count). The van der Waals surface area contributed by atoms with E-state index >= 15 is 0 Å². The fraction of sp³-hybridized carbons (Fsp3) is 0.100. The van der Waals surface area contributed by atoms with Gasteiger partial charge >= 0.3 is 5.97 Å².